The summed E-state index contributed by atoms with van der Waals surface area (Å²) in [5.41, 5.74) is 2.79. The molecule has 0 radical (unpaired) electrons. The maximum absolute atomic E-state index is 12.7. The lowest BCUT2D eigenvalue weighted by atomic mass is 9.83. The Morgan fingerprint density at radius 3 is 2.81 bits per heavy atom. The molecule has 0 unspecified atom stereocenters. The standard InChI is InChI=1S/C20H19N3O2S/c1-20(2)15-6-4-5-7-16(15)22(3)17(20)10-13(24)11-23-12-21-18-14(19(23)25)8-9-26-18/h4-10,12H,11H2,1-3H3. The van der Waals surface area contributed by atoms with Gasteiger partial charge in [-0.25, -0.2) is 4.98 Å². The van der Waals surface area contributed by atoms with Crippen molar-refractivity contribution in [3.8, 4) is 0 Å². The predicted molar refractivity (Wildman–Crippen MR) is 105 cm³/mol. The molecule has 4 rings (SSSR count). The third kappa shape index (κ3) is 2.49. The Morgan fingerprint density at radius 2 is 2.04 bits per heavy atom. The van der Waals surface area contributed by atoms with Crippen LogP contribution in [-0.2, 0) is 16.8 Å². The van der Waals surface area contributed by atoms with Crippen LogP contribution >= 0.6 is 11.3 Å². The summed E-state index contributed by atoms with van der Waals surface area (Å²) in [4.78, 5) is 32.2. The number of carbonyl (C=O) groups excluding carboxylic acids is 1. The molecule has 26 heavy (non-hydrogen) atoms. The molecule has 0 atom stereocenters. The molecule has 5 nitrogen and oxygen atoms in total. The second-order valence-corrected chi connectivity index (χ2v) is 7.91. The second-order valence-electron chi connectivity index (χ2n) is 7.01. The molecule has 0 aliphatic carbocycles. The quantitative estimate of drug-likeness (QED) is 0.668. The highest BCUT2D eigenvalue weighted by Crippen LogP contribution is 2.46. The van der Waals surface area contributed by atoms with Gasteiger partial charge in [0.25, 0.3) is 5.56 Å². The Morgan fingerprint density at radius 1 is 1.27 bits per heavy atom. The highest BCUT2D eigenvalue weighted by atomic mass is 32.1. The average molecular weight is 365 g/mol. The summed E-state index contributed by atoms with van der Waals surface area (Å²) < 4.78 is 1.38. The molecule has 3 aromatic rings. The van der Waals surface area contributed by atoms with Gasteiger partial charge in [-0.05, 0) is 23.1 Å². The van der Waals surface area contributed by atoms with Gasteiger partial charge >= 0.3 is 0 Å². The minimum absolute atomic E-state index is 0.0125. The monoisotopic (exact) mass is 365 g/mol. The fourth-order valence-electron chi connectivity index (χ4n) is 3.63. The first kappa shape index (κ1) is 16.7. The van der Waals surface area contributed by atoms with Crippen LogP contribution in [0.3, 0.4) is 0 Å². The summed E-state index contributed by atoms with van der Waals surface area (Å²) in [6, 6.07) is 9.91. The van der Waals surface area contributed by atoms with Crippen LogP contribution in [0.2, 0.25) is 0 Å². The molecule has 0 N–H and O–H groups in total. The molecule has 0 amide bonds. The maximum Gasteiger partial charge on any atom is 0.262 e. The van der Waals surface area contributed by atoms with E-state index in [4.69, 9.17) is 0 Å². The van der Waals surface area contributed by atoms with E-state index in [0.29, 0.717) is 10.2 Å². The number of allylic oxidation sites excluding steroid dienone is 2. The molecule has 3 heterocycles. The molecule has 0 bridgehead atoms. The zero-order chi connectivity index (χ0) is 18.5. The van der Waals surface area contributed by atoms with E-state index in [1.807, 2.05) is 24.6 Å². The third-order valence-electron chi connectivity index (χ3n) is 5.01. The minimum Gasteiger partial charge on any atom is -0.347 e. The van der Waals surface area contributed by atoms with Gasteiger partial charge < -0.3 is 4.90 Å². The maximum atomic E-state index is 12.7. The van der Waals surface area contributed by atoms with E-state index in [-0.39, 0.29) is 23.3 Å². The smallest absolute Gasteiger partial charge is 0.262 e. The van der Waals surface area contributed by atoms with Gasteiger partial charge in [-0.2, -0.15) is 0 Å². The molecule has 0 saturated carbocycles. The number of thiophene rings is 1. The lowest BCUT2D eigenvalue weighted by molar-refractivity contribution is -0.115. The average Bonchev–Trinajstić information content (AvgIpc) is 3.17. The number of para-hydroxylation sites is 1. The lowest BCUT2D eigenvalue weighted by Crippen LogP contribution is -2.27. The van der Waals surface area contributed by atoms with Crippen molar-refractivity contribution in [3.05, 3.63) is 69.7 Å². The number of likely N-dealkylation sites (N-methyl/N-ethyl adjacent to an activating group) is 1. The molecule has 1 aliphatic heterocycles. The third-order valence-corrected chi connectivity index (χ3v) is 5.84. The summed E-state index contributed by atoms with van der Waals surface area (Å²) in [7, 11) is 1.97. The van der Waals surface area contributed by atoms with Crippen LogP contribution in [0.4, 0.5) is 5.69 Å². The van der Waals surface area contributed by atoms with E-state index >= 15 is 0 Å². The van der Waals surface area contributed by atoms with Gasteiger partial charge in [0, 0.05) is 29.9 Å². The van der Waals surface area contributed by atoms with Crippen molar-refractivity contribution in [1.29, 1.82) is 0 Å². The van der Waals surface area contributed by atoms with E-state index in [0.717, 1.165) is 11.4 Å². The summed E-state index contributed by atoms with van der Waals surface area (Å²) in [6.07, 6.45) is 3.11. The van der Waals surface area contributed by atoms with E-state index in [9.17, 15) is 9.59 Å². The first-order valence-electron chi connectivity index (χ1n) is 8.40. The normalized spacial score (nSPS) is 17.0. The Bertz CT molecular complexity index is 1110. The van der Waals surface area contributed by atoms with Gasteiger partial charge in [-0.3, -0.25) is 14.2 Å². The van der Waals surface area contributed by atoms with Crippen molar-refractivity contribution in [2.24, 2.45) is 0 Å². The fraction of sp³-hybridized carbons (Fsp3) is 0.250. The largest absolute Gasteiger partial charge is 0.347 e. The van der Waals surface area contributed by atoms with Crippen molar-refractivity contribution >= 4 is 33.0 Å². The van der Waals surface area contributed by atoms with Crippen molar-refractivity contribution in [2.45, 2.75) is 25.8 Å². The molecule has 6 heteroatoms. The number of aromatic nitrogens is 2. The summed E-state index contributed by atoms with van der Waals surface area (Å²) in [5, 5.41) is 2.39. The van der Waals surface area contributed by atoms with Crippen molar-refractivity contribution < 1.29 is 4.79 Å². The lowest BCUT2D eigenvalue weighted by Gasteiger charge is -2.24. The summed E-state index contributed by atoms with van der Waals surface area (Å²) in [6.45, 7) is 4.21. The molecule has 1 aromatic carbocycles. The van der Waals surface area contributed by atoms with Crippen LogP contribution in [0.15, 0.2) is 58.6 Å². The molecule has 132 valence electrons. The van der Waals surface area contributed by atoms with Crippen LogP contribution in [0, 0.1) is 0 Å². The fourth-order valence-corrected chi connectivity index (χ4v) is 4.35. The number of benzene rings is 1. The number of nitrogens with zero attached hydrogens (tertiary/aromatic N) is 3. The highest BCUT2D eigenvalue weighted by Gasteiger charge is 2.38. The minimum atomic E-state index is -0.262. The SMILES string of the molecule is CN1C(=CC(=O)Cn2cnc3sccc3c2=O)C(C)(C)c2ccccc21. The molecule has 0 spiro atoms. The van der Waals surface area contributed by atoms with E-state index in [1.54, 1.807) is 12.1 Å². The molecule has 1 aliphatic rings. The van der Waals surface area contributed by atoms with Crippen LogP contribution in [0.1, 0.15) is 19.4 Å². The van der Waals surface area contributed by atoms with E-state index < -0.39 is 0 Å². The van der Waals surface area contributed by atoms with Gasteiger partial charge in [0.1, 0.15) is 4.83 Å². The Kier molecular flexibility index (Phi) is 3.80. The van der Waals surface area contributed by atoms with Crippen LogP contribution in [0.5, 0.6) is 0 Å². The van der Waals surface area contributed by atoms with Gasteiger partial charge in [-0.1, -0.05) is 32.0 Å². The highest BCUT2D eigenvalue weighted by molar-refractivity contribution is 7.16. The molecule has 0 saturated heterocycles. The predicted octanol–water partition coefficient (Wildman–Crippen LogP) is 3.34. The number of carbonyl (C=O) groups is 1. The van der Waals surface area contributed by atoms with Crippen LogP contribution in [-0.4, -0.2) is 22.4 Å². The molecular weight excluding hydrogens is 346 g/mol. The molecule has 2 aromatic heterocycles. The number of ketones is 1. The van der Waals surface area contributed by atoms with Crippen molar-refractivity contribution in [2.75, 3.05) is 11.9 Å². The van der Waals surface area contributed by atoms with E-state index in [1.165, 1.54) is 27.8 Å². The summed E-state index contributed by atoms with van der Waals surface area (Å²) >= 11 is 1.42. The number of anilines is 1. The van der Waals surface area contributed by atoms with E-state index in [2.05, 4.69) is 35.9 Å². The topological polar surface area (TPSA) is 55.2 Å². The second kappa shape index (κ2) is 5.92. The summed E-state index contributed by atoms with van der Waals surface area (Å²) in [5.74, 6) is -0.119. The number of hydrogen-bond acceptors (Lipinski definition) is 5. The van der Waals surface area contributed by atoms with Crippen molar-refractivity contribution in [1.82, 2.24) is 9.55 Å². The zero-order valence-corrected chi connectivity index (χ0v) is 15.7. The molecule has 0 fully saturated rings. The zero-order valence-electron chi connectivity index (χ0n) is 14.9. The van der Waals surface area contributed by atoms with Gasteiger partial charge in [0.15, 0.2) is 5.78 Å². The number of rotatable bonds is 3. The van der Waals surface area contributed by atoms with Gasteiger partial charge in [0.05, 0.1) is 18.3 Å². The molecular formula is C20H19N3O2S. The Labute approximate surface area is 155 Å². The van der Waals surface area contributed by atoms with Crippen molar-refractivity contribution in [3.63, 3.8) is 0 Å². The van der Waals surface area contributed by atoms with Crippen LogP contribution in [0.25, 0.3) is 10.2 Å². The first-order valence-corrected chi connectivity index (χ1v) is 9.28. The Balaban J connectivity index is 1.67. The number of hydrogen-bond donors (Lipinski definition) is 0. The van der Waals surface area contributed by atoms with Gasteiger partial charge in [0.2, 0.25) is 0 Å². The van der Waals surface area contributed by atoms with Gasteiger partial charge in [-0.15, -0.1) is 11.3 Å². The Hall–Kier alpha value is -2.73. The first-order chi connectivity index (χ1) is 12.4. The number of fused-ring (bicyclic) bond motifs is 2. The van der Waals surface area contributed by atoms with Crippen LogP contribution < -0.4 is 10.5 Å².